The van der Waals surface area contributed by atoms with Gasteiger partial charge in [-0.2, -0.15) is 0 Å². The molecule has 1 aliphatic rings. The van der Waals surface area contributed by atoms with Gasteiger partial charge in [0.05, 0.1) is 0 Å². The Labute approximate surface area is 360 Å². The number of benzene rings is 4. The van der Waals surface area contributed by atoms with Gasteiger partial charge in [0.15, 0.2) is 0 Å². The molecule has 61 heavy (non-hydrogen) atoms. The lowest BCUT2D eigenvalue weighted by molar-refractivity contribution is -0.148. The fourth-order valence-electron chi connectivity index (χ4n) is 7.06. The molecule has 0 saturated carbocycles. The molecule has 16 heteroatoms. The van der Waals surface area contributed by atoms with E-state index in [0.717, 1.165) is 11.1 Å². The Bertz CT molecular complexity index is 2200. The minimum atomic E-state index is -1.85. The summed E-state index contributed by atoms with van der Waals surface area (Å²) in [6.45, 7) is 4.00. The quantitative estimate of drug-likeness (QED) is 0.0804. The van der Waals surface area contributed by atoms with E-state index < -0.39 is 53.3 Å². The standard InChI is InChI=1S/C45H54ClN7O8/c1-27-40(54)52-37(43(57)58)25-28-7-17-38(60-22-20-48)34(24-28)35-26-32(14-18-39(35)61-23-21-49)45(2,44(59)50-27)53(3)42(56)36(6-4-5-19-47)51-41(55)31-10-8-29(9-11-31)30-12-15-33(46)16-13-30/h7-18,24,26-27,36-37H,4-6,19-23,25,47-49H2,1-3H3,(H,50,59)(H,51,55)(H,52,54)(H,57,58)/t27-,36-,37-,45-/m0/s1. The van der Waals surface area contributed by atoms with Crippen LogP contribution in [-0.4, -0.2) is 97.6 Å². The SMILES string of the molecule is C[C@@H]1NC(=O)[C@@](C)(N(C)C(=O)[C@H](CCCCN)NC(=O)c2ccc(-c3ccc(Cl)cc3)cc2)c2ccc(OCCN)c(c2)-c2cc(ccc2OCCN)C[C@@H](C(=O)O)NC1=O. The molecule has 4 aromatic carbocycles. The summed E-state index contributed by atoms with van der Waals surface area (Å²) in [6, 6.07) is 20.6. The molecule has 1 aliphatic heterocycles. The monoisotopic (exact) mass is 855 g/mol. The maximum Gasteiger partial charge on any atom is 0.326 e. The number of halogens is 1. The molecule has 4 bridgehead atoms. The lowest BCUT2D eigenvalue weighted by atomic mass is 9.85. The van der Waals surface area contributed by atoms with E-state index in [1.54, 1.807) is 72.8 Å². The van der Waals surface area contributed by atoms with Crippen LogP contribution in [0.15, 0.2) is 84.9 Å². The maximum atomic E-state index is 14.9. The first-order valence-corrected chi connectivity index (χ1v) is 20.5. The molecule has 15 nitrogen and oxygen atoms in total. The van der Waals surface area contributed by atoms with Crippen LogP contribution >= 0.6 is 11.6 Å². The minimum absolute atomic E-state index is 0.0939. The van der Waals surface area contributed by atoms with Crippen LogP contribution in [0.2, 0.25) is 5.02 Å². The lowest BCUT2D eigenvalue weighted by Gasteiger charge is -2.40. The fraction of sp³-hybridized carbons (Fsp3) is 0.356. The number of nitrogens with one attached hydrogen (secondary N) is 3. The number of nitrogens with zero attached hydrogens (tertiary/aromatic N) is 1. The smallest absolute Gasteiger partial charge is 0.326 e. The van der Waals surface area contributed by atoms with Gasteiger partial charge in [-0.25, -0.2) is 4.79 Å². The van der Waals surface area contributed by atoms with Crippen LogP contribution in [0.3, 0.4) is 0 Å². The number of nitrogens with two attached hydrogens (primary N) is 3. The van der Waals surface area contributed by atoms with Crippen molar-refractivity contribution in [3.63, 3.8) is 0 Å². The molecule has 0 fully saturated rings. The topological polar surface area (TPSA) is 241 Å². The van der Waals surface area contributed by atoms with Gasteiger partial charge < -0.3 is 52.6 Å². The molecule has 0 aliphatic carbocycles. The Balaban J connectivity index is 1.61. The summed E-state index contributed by atoms with van der Waals surface area (Å²) >= 11 is 6.06. The predicted octanol–water partition coefficient (Wildman–Crippen LogP) is 3.58. The number of hydrogen-bond acceptors (Lipinski definition) is 10. The Morgan fingerprint density at radius 3 is 2.03 bits per heavy atom. The molecule has 4 aromatic rings. The average Bonchev–Trinajstić information content (AvgIpc) is 3.26. The van der Waals surface area contributed by atoms with Gasteiger partial charge in [-0.15, -0.1) is 0 Å². The second-order valence-corrected chi connectivity index (χ2v) is 15.4. The van der Waals surface area contributed by atoms with Crippen molar-refractivity contribution in [2.75, 3.05) is 39.9 Å². The van der Waals surface area contributed by atoms with E-state index in [1.165, 1.54) is 25.8 Å². The third-order valence-corrected chi connectivity index (χ3v) is 11.0. The van der Waals surface area contributed by atoms with Crippen LogP contribution in [0.5, 0.6) is 11.5 Å². The highest BCUT2D eigenvalue weighted by atomic mass is 35.5. The normalized spacial score (nSPS) is 18.1. The first-order chi connectivity index (χ1) is 29.2. The van der Waals surface area contributed by atoms with Crippen LogP contribution in [-0.2, 0) is 31.1 Å². The van der Waals surface area contributed by atoms with Crippen LogP contribution in [0, 0.1) is 0 Å². The number of fused-ring (bicyclic) bond motifs is 5. The van der Waals surface area contributed by atoms with Crippen LogP contribution in [0.1, 0.15) is 54.6 Å². The van der Waals surface area contributed by atoms with E-state index in [-0.39, 0.29) is 39.1 Å². The van der Waals surface area contributed by atoms with Crippen molar-refractivity contribution >= 4 is 41.2 Å². The minimum Gasteiger partial charge on any atom is -0.492 e. The molecular weight excluding hydrogens is 802 g/mol. The van der Waals surface area contributed by atoms with E-state index in [2.05, 4.69) is 16.0 Å². The predicted molar refractivity (Wildman–Crippen MR) is 233 cm³/mol. The third-order valence-electron chi connectivity index (χ3n) is 10.7. The van der Waals surface area contributed by atoms with Crippen molar-refractivity contribution in [3.05, 3.63) is 107 Å². The van der Waals surface area contributed by atoms with Gasteiger partial charge in [0.25, 0.3) is 11.8 Å². The molecule has 0 saturated heterocycles. The van der Waals surface area contributed by atoms with Gasteiger partial charge in [0.1, 0.15) is 48.4 Å². The molecular formula is C45H54ClN7O8. The highest BCUT2D eigenvalue weighted by Crippen LogP contribution is 2.41. The van der Waals surface area contributed by atoms with E-state index >= 15 is 0 Å². The van der Waals surface area contributed by atoms with Crippen molar-refractivity contribution in [1.29, 1.82) is 0 Å². The number of amides is 4. The highest BCUT2D eigenvalue weighted by Gasteiger charge is 2.45. The first-order valence-electron chi connectivity index (χ1n) is 20.1. The van der Waals surface area contributed by atoms with Crippen LogP contribution in [0.4, 0.5) is 0 Å². The molecule has 5 rings (SSSR count). The Morgan fingerprint density at radius 2 is 1.44 bits per heavy atom. The summed E-state index contributed by atoms with van der Waals surface area (Å²) in [5.74, 6) is -3.13. The Hall–Kier alpha value is -6.00. The van der Waals surface area contributed by atoms with Gasteiger partial charge in [0.2, 0.25) is 11.8 Å². The average molecular weight is 856 g/mol. The molecule has 0 radical (unpaired) electrons. The number of carboxylic acid groups (broad SMARTS) is 1. The first kappa shape index (κ1) is 46.1. The molecule has 10 N–H and O–H groups in total. The molecule has 0 unspecified atom stereocenters. The number of carboxylic acids is 1. The second-order valence-electron chi connectivity index (χ2n) is 15.0. The van der Waals surface area contributed by atoms with Crippen molar-refractivity contribution < 1.29 is 38.6 Å². The molecule has 324 valence electrons. The number of hydrogen-bond donors (Lipinski definition) is 7. The highest BCUT2D eigenvalue weighted by molar-refractivity contribution is 6.30. The zero-order chi connectivity index (χ0) is 44.3. The van der Waals surface area contributed by atoms with E-state index in [9.17, 15) is 29.1 Å². The second kappa shape index (κ2) is 21.0. The van der Waals surface area contributed by atoms with Gasteiger partial charge in [-0.05, 0) is 110 Å². The zero-order valence-corrected chi connectivity index (χ0v) is 35.3. The van der Waals surface area contributed by atoms with Gasteiger partial charge >= 0.3 is 5.97 Å². The maximum absolute atomic E-state index is 14.9. The molecule has 1 heterocycles. The fourth-order valence-corrected chi connectivity index (χ4v) is 7.19. The molecule has 4 amide bonds. The van der Waals surface area contributed by atoms with E-state index in [0.29, 0.717) is 63.7 Å². The van der Waals surface area contributed by atoms with Crippen LogP contribution in [0.25, 0.3) is 22.3 Å². The number of aliphatic carboxylic acids is 1. The van der Waals surface area contributed by atoms with Gasteiger partial charge in [0, 0.05) is 48.3 Å². The zero-order valence-electron chi connectivity index (χ0n) is 34.5. The summed E-state index contributed by atoms with van der Waals surface area (Å²) in [6.07, 6.45) is 1.17. The summed E-state index contributed by atoms with van der Waals surface area (Å²) in [4.78, 5) is 70.6. The van der Waals surface area contributed by atoms with Crippen molar-refractivity contribution in [2.24, 2.45) is 17.2 Å². The Kier molecular flexibility index (Phi) is 15.9. The number of likely N-dealkylation sites (N-methyl/N-ethyl adjacent to an activating group) is 1. The summed E-state index contributed by atoms with van der Waals surface area (Å²) in [7, 11) is 1.45. The third kappa shape index (κ3) is 11.0. The van der Waals surface area contributed by atoms with Crippen molar-refractivity contribution in [3.8, 4) is 33.8 Å². The number of carbonyl (C=O) groups excluding carboxylic acids is 4. The van der Waals surface area contributed by atoms with Crippen LogP contribution < -0.4 is 42.6 Å². The molecule has 0 aromatic heterocycles. The number of ether oxygens (including phenoxy) is 2. The number of unbranched alkanes of at least 4 members (excludes halogenated alkanes) is 1. The summed E-state index contributed by atoms with van der Waals surface area (Å²) in [5.41, 5.74) is 19.5. The lowest BCUT2D eigenvalue weighted by Crippen LogP contribution is -2.61. The van der Waals surface area contributed by atoms with Gasteiger partial charge in [-0.3, -0.25) is 19.2 Å². The molecule has 4 atom stereocenters. The number of carbonyl (C=O) groups is 5. The van der Waals surface area contributed by atoms with E-state index in [4.69, 9.17) is 38.3 Å². The summed E-state index contributed by atoms with van der Waals surface area (Å²) < 4.78 is 12.2. The summed E-state index contributed by atoms with van der Waals surface area (Å²) in [5, 5.41) is 18.9. The van der Waals surface area contributed by atoms with E-state index in [1.807, 2.05) is 12.1 Å². The Morgan fingerprint density at radius 1 is 0.852 bits per heavy atom. The molecule has 0 spiro atoms. The largest absolute Gasteiger partial charge is 0.492 e. The van der Waals surface area contributed by atoms with Crippen molar-refractivity contribution in [1.82, 2.24) is 20.9 Å². The van der Waals surface area contributed by atoms with Gasteiger partial charge in [-0.1, -0.05) is 48.0 Å². The number of rotatable bonds is 16. The van der Waals surface area contributed by atoms with Crippen molar-refractivity contribution in [2.45, 2.75) is 63.2 Å².